The monoisotopic (exact) mass is 319 g/mol. The summed E-state index contributed by atoms with van der Waals surface area (Å²) in [5, 5.41) is 0.870. The number of rotatable bonds is 4. The van der Waals surface area contributed by atoms with Gasteiger partial charge < -0.3 is 9.64 Å². The molecule has 0 unspecified atom stereocenters. The van der Waals surface area contributed by atoms with Crippen LogP contribution in [0.1, 0.15) is 11.1 Å². The molecule has 0 radical (unpaired) electrons. The summed E-state index contributed by atoms with van der Waals surface area (Å²) in [5.41, 5.74) is 3.65. The van der Waals surface area contributed by atoms with Gasteiger partial charge in [-0.25, -0.2) is 0 Å². The number of anilines is 1. The van der Waals surface area contributed by atoms with Crippen LogP contribution in [0, 0.1) is 6.92 Å². The third kappa shape index (κ3) is 3.51. The minimum absolute atomic E-state index is 0.859. The van der Waals surface area contributed by atoms with E-state index in [1.54, 1.807) is 0 Å². The molecule has 0 saturated heterocycles. The average molecular weight is 320 g/mol. The van der Waals surface area contributed by atoms with E-state index in [0.29, 0.717) is 0 Å². The van der Waals surface area contributed by atoms with Crippen LogP contribution in [-0.2, 0) is 5.33 Å². The van der Waals surface area contributed by atoms with Crippen molar-refractivity contribution in [2.24, 2.45) is 0 Å². The van der Waals surface area contributed by atoms with Gasteiger partial charge in [-0.1, -0.05) is 28.1 Å². The van der Waals surface area contributed by atoms with Gasteiger partial charge in [-0.2, -0.15) is 0 Å². The van der Waals surface area contributed by atoms with Crippen molar-refractivity contribution < 1.29 is 4.74 Å². The van der Waals surface area contributed by atoms with Crippen LogP contribution in [0.3, 0.4) is 0 Å². The molecular formula is C16H18BrNO. The predicted molar refractivity (Wildman–Crippen MR) is 84.7 cm³/mol. The Hall–Kier alpha value is -1.48. The smallest absolute Gasteiger partial charge is 0.129 e. The zero-order chi connectivity index (χ0) is 13.8. The van der Waals surface area contributed by atoms with Crippen molar-refractivity contribution in [3.63, 3.8) is 0 Å². The van der Waals surface area contributed by atoms with Gasteiger partial charge in [-0.05, 0) is 42.3 Å². The molecule has 0 N–H and O–H groups in total. The topological polar surface area (TPSA) is 12.5 Å². The highest BCUT2D eigenvalue weighted by molar-refractivity contribution is 9.08. The van der Waals surface area contributed by atoms with Crippen LogP contribution < -0.4 is 9.64 Å². The van der Waals surface area contributed by atoms with Gasteiger partial charge in [0.15, 0.2) is 0 Å². The van der Waals surface area contributed by atoms with Crippen molar-refractivity contribution in [1.82, 2.24) is 0 Å². The standard InChI is InChI=1S/C16H18BrNO/c1-12-9-16(8-7-13(12)11-17)19-15-6-4-5-14(10-15)18(2)3/h4-10H,11H2,1-3H3. The maximum Gasteiger partial charge on any atom is 0.129 e. The fourth-order valence-corrected chi connectivity index (χ4v) is 2.47. The Balaban J connectivity index is 2.21. The summed E-state index contributed by atoms with van der Waals surface area (Å²) in [6.45, 7) is 2.10. The lowest BCUT2D eigenvalue weighted by Gasteiger charge is -2.14. The second-order valence-corrected chi connectivity index (χ2v) is 5.28. The van der Waals surface area contributed by atoms with Crippen LogP contribution in [0.5, 0.6) is 11.5 Å². The molecule has 2 rings (SSSR count). The fraction of sp³-hybridized carbons (Fsp3) is 0.250. The van der Waals surface area contributed by atoms with Crippen molar-refractivity contribution >= 4 is 21.6 Å². The highest BCUT2D eigenvalue weighted by Gasteiger charge is 2.03. The van der Waals surface area contributed by atoms with E-state index in [0.717, 1.165) is 22.5 Å². The van der Waals surface area contributed by atoms with Crippen LogP contribution in [-0.4, -0.2) is 14.1 Å². The highest BCUT2D eigenvalue weighted by atomic mass is 79.9. The Bertz CT molecular complexity index is 566. The van der Waals surface area contributed by atoms with E-state index in [-0.39, 0.29) is 0 Å². The van der Waals surface area contributed by atoms with Crippen molar-refractivity contribution in [3.8, 4) is 11.5 Å². The van der Waals surface area contributed by atoms with Crippen molar-refractivity contribution in [1.29, 1.82) is 0 Å². The molecule has 0 aliphatic heterocycles. The Morgan fingerprint density at radius 3 is 2.42 bits per heavy atom. The Morgan fingerprint density at radius 2 is 1.79 bits per heavy atom. The lowest BCUT2D eigenvalue weighted by molar-refractivity contribution is 0.482. The van der Waals surface area contributed by atoms with Crippen LogP contribution in [0.4, 0.5) is 5.69 Å². The third-order valence-electron chi connectivity index (χ3n) is 3.03. The number of alkyl halides is 1. The molecule has 0 atom stereocenters. The van der Waals surface area contributed by atoms with Crippen molar-refractivity contribution in [3.05, 3.63) is 53.6 Å². The summed E-state index contributed by atoms with van der Waals surface area (Å²) in [4.78, 5) is 2.06. The number of benzene rings is 2. The quantitative estimate of drug-likeness (QED) is 0.754. The van der Waals surface area contributed by atoms with E-state index in [1.165, 1.54) is 11.1 Å². The Morgan fingerprint density at radius 1 is 1.05 bits per heavy atom. The van der Waals surface area contributed by atoms with E-state index in [2.05, 4.69) is 46.0 Å². The van der Waals surface area contributed by atoms with E-state index < -0.39 is 0 Å². The maximum absolute atomic E-state index is 5.91. The molecule has 19 heavy (non-hydrogen) atoms. The average Bonchev–Trinajstić information content (AvgIpc) is 2.39. The molecule has 0 fully saturated rings. The zero-order valence-electron chi connectivity index (χ0n) is 11.5. The molecule has 0 heterocycles. The fourth-order valence-electron chi connectivity index (χ4n) is 1.84. The molecule has 0 saturated carbocycles. The van der Waals surface area contributed by atoms with Crippen molar-refractivity contribution in [2.75, 3.05) is 19.0 Å². The largest absolute Gasteiger partial charge is 0.457 e. The van der Waals surface area contributed by atoms with Gasteiger partial charge >= 0.3 is 0 Å². The molecule has 2 aromatic rings. The second kappa shape index (κ2) is 6.11. The first kappa shape index (κ1) is 13.9. The molecule has 100 valence electrons. The summed E-state index contributed by atoms with van der Waals surface area (Å²) >= 11 is 3.48. The van der Waals surface area contributed by atoms with Crippen LogP contribution in [0.2, 0.25) is 0 Å². The number of nitrogens with zero attached hydrogens (tertiary/aromatic N) is 1. The minimum atomic E-state index is 0.859. The normalized spacial score (nSPS) is 10.3. The number of aryl methyl sites for hydroxylation is 1. The summed E-state index contributed by atoms with van der Waals surface area (Å²) in [6, 6.07) is 14.2. The predicted octanol–water partition coefficient (Wildman–Crippen LogP) is 4.75. The molecule has 0 spiro atoms. The number of halogens is 1. The lowest BCUT2D eigenvalue weighted by atomic mass is 10.1. The molecule has 2 aromatic carbocycles. The van der Waals surface area contributed by atoms with Gasteiger partial charge in [0.2, 0.25) is 0 Å². The molecule has 2 nitrogen and oxygen atoms in total. The van der Waals surface area contributed by atoms with Gasteiger partial charge in [0.1, 0.15) is 11.5 Å². The van der Waals surface area contributed by atoms with E-state index >= 15 is 0 Å². The van der Waals surface area contributed by atoms with Gasteiger partial charge in [0.05, 0.1) is 0 Å². The number of ether oxygens (including phenoxy) is 1. The first-order valence-electron chi connectivity index (χ1n) is 6.21. The molecule has 0 aliphatic carbocycles. The molecule has 3 heteroatoms. The number of hydrogen-bond donors (Lipinski definition) is 0. The van der Waals surface area contributed by atoms with E-state index in [4.69, 9.17) is 4.74 Å². The molecule has 0 aliphatic rings. The minimum Gasteiger partial charge on any atom is -0.457 e. The molecule has 0 aromatic heterocycles. The highest BCUT2D eigenvalue weighted by Crippen LogP contribution is 2.27. The molecule has 0 bridgehead atoms. The second-order valence-electron chi connectivity index (χ2n) is 4.72. The van der Waals surface area contributed by atoms with Crippen LogP contribution in [0.25, 0.3) is 0 Å². The van der Waals surface area contributed by atoms with Crippen LogP contribution in [0.15, 0.2) is 42.5 Å². The first-order chi connectivity index (χ1) is 9.10. The van der Waals surface area contributed by atoms with Gasteiger partial charge in [-0.15, -0.1) is 0 Å². The lowest BCUT2D eigenvalue weighted by Crippen LogP contribution is -2.08. The van der Waals surface area contributed by atoms with E-state index in [9.17, 15) is 0 Å². The van der Waals surface area contributed by atoms with E-state index in [1.807, 2.05) is 38.4 Å². The first-order valence-corrected chi connectivity index (χ1v) is 7.33. The Kier molecular flexibility index (Phi) is 4.48. The molecular weight excluding hydrogens is 302 g/mol. The summed E-state index contributed by atoms with van der Waals surface area (Å²) < 4.78 is 5.91. The summed E-state index contributed by atoms with van der Waals surface area (Å²) in [7, 11) is 4.04. The Labute approximate surface area is 123 Å². The van der Waals surface area contributed by atoms with Crippen molar-refractivity contribution in [2.45, 2.75) is 12.3 Å². The number of hydrogen-bond acceptors (Lipinski definition) is 2. The third-order valence-corrected chi connectivity index (χ3v) is 3.63. The van der Waals surface area contributed by atoms with Gasteiger partial charge in [0.25, 0.3) is 0 Å². The zero-order valence-corrected chi connectivity index (χ0v) is 13.1. The summed E-state index contributed by atoms with van der Waals surface area (Å²) in [5.74, 6) is 1.73. The van der Waals surface area contributed by atoms with Crippen LogP contribution >= 0.6 is 15.9 Å². The SMILES string of the molecule is Cc1cc(Oc2cccc(N(C)C)c2)ccc1CBr. The molecule has 0 amide bonds. The maximum atomic E-state index is 5.91. The van der Waals surface area contributed by atoms with Gasteiger partial charge in [0, 0.05) is 31.2 Å². The summed E-state index contributed by atoms with van der Waals surface area (Å²) in [6.07, 6.45) is 0. The van der Waals surface area contributed by atoms with Gasteiger partial charge in [-0.3, -0.25) is 0 Å².